The summed E-state index contributed by atoms with van der Waals surface area (Å²) in [5, 5.41) is 6.49. The fraction of sp³-hybridized carbons (Fsp3) is 0.524. The van der Waals surface area contributed by atoms with Gasteiger partial charge in [-0.15, -0.1) is 0 Å². The van der Waals surface area contributed by atoms with Crippen LogP contribution in [0.5, 0.6) is 0 Å². The first-order chi connectivity index (χ1) is 14.1. The molecule has 154 valence electrons. The van der Waals surface area contributed by atoms with Crippen molar-refractivity contribution >= 4 is 28.5 Å². The Kier molecular flexibility index (Phi) is 6.18. The molecular formula is C21H25FN4O2S. The van der Waals surface area contributed by atoms with Crippen LogP contribution in [0.4, 0.5) is 9.52 Å². The highest BCUT2D eigenvalue weighted by molar-refractivity contribution is 7.10. The minimum atomic E-state index is -0.312. The Hall–Kier alpha value is -2.35. The summed E-state index contributed by atoms with van der Waals surface area (Å²) < 4.78 is 17.3. The van der Waals surface area contributed by atoms with Gasteiger partial charge >= 0.3 is 0 Å². The Balaban J connectivity index is 1.26. The maximum atomic E-state index is 13.0. The first kappa shape index (κ1) is 19.9. The number of hydrogen-bond acceptors (Lipinski definition) is 5. The Morgan fingerprint density at radius 1 is 0.931 bits per heavy atom. The van der Waals surface area contributed by atoms with E-state index in [0.29, 0.717) is 16.5 Å². The van der Waals surface area contributed by atoms with Crippen LogP contribution < -0.4 is 10.6 Å². The zero-order valence-corrected chi connectivity index (χ0v) is 17.0. The predicted molar refractivity (Wildman–Crippen MR) is 110 cm³/mol. The topological polar surface area (TPSA) is 84.0 Å². The molecule has 4 rings (SSSR count). The van der Waals surface area contributed by atoms with Crippen molar-refractivity contribution in [3.05, 3.63) is 30.1 Å². The smallest absolute Gasteiger partial charge is 0.229 e. The molecule has 8 heteroatoms. The van der Waals surface area contributed by atoms with Crippen LogP contribution >= 0.6 is 11.5 Å². The second kappa shape index (κ2) is 8.98. The fourth-order valence-corrected chi connectivity index (χ4v) is 4.80. The molecule has 2 saturated carbocycles. The summed E-state index contributed by atoms with van der Waals surface area (Å²) in [6, 6.07) is 6.13. The summed E-state index contributed by atoms with van der Waals surface area (Å²) in [5.41, 5.74) is 0.710. The van der Waals surface area contributed by atoms with Gasteiger partial charge in [0.05, 0.1) is 0 Å². The zero-order valence-electron chi connectivity index (χ0n) is 16.2. The lowest BCUT2D eigenvalue weighted by Crippen LogP contribution is -2.41. The molecule has 0 radical (unpaired) electrons. The lowest BCUT2D eigenvalue weighted by molar-refractivity contribution is -0.125. The van der Waals surface area contributed by atoms with Crippen molar-refractivity contribution in [1.29, 1.82) is 0 Å². The molecule has 2 N–H and O–H groups in total. The molecule has 1 heterocycles. The number of amides is 2. The molecular weight excluding hydrogens is 391 g/mol. The van der Waals surface area contributed by atoms with Gasteiger partial charge in [0.1, 0.15) is 5.82 Å². The van der Waals surface area contributed by atoms with E-state index in [1.54, 1.807) is 12.1 Å². The van der Waals surface area contributed by atoms with Crippen molar-refractivity contribution in [1.82, 2.24) is 14.7 Å². The number of hydrogen-bond donors (Lipinski definition) is 2. The normalized spacial score (nSPS) is 22.4. The van der Waals surface area contributed by atoms with Gasteiger partial charge in [-0.2, -0.15) is 9.36 Å². The number of anilines is 1. The van der Waals surface area contributed by atoms with Crippen molar-refractivity contribution in [2.75, 3.05) is 5.32 Å². The molecule has 29 heavy (non-hydrogen) atoms. The molecule has 2 aliphatic carbocycles. The molecule has 0 atom stereocenters. The van der Waals surface area contributed by atoms with Crippen LogP contribution in [0.3, 0.4) is 0 Å². The van der Waals surface area contributed by atoms with Gasteiger partial charge in [-0.05, 0) is 62.8 Å². The van der Waals surface area contributed by atoms with E-state index in [9.17, 15) is 14.0 Å². The molecule has 1 aromatic heterocycles. The summed E-state index contributed by atoms with van der Waals surface area (Å²) in [7, 11) is 0. The highest BCUT2D eigenvalue weighted by Crippen LogP contribution is 2.29. The summed E-state index contributed by atoms with van der Waals surface area (Å²) in [6.07, 6.45) is 7.48. The van der Waals surface area contributed by atoms with Crippen LogP contribution in [-0.2, 0) is 9.59 Å². The fourth-order valence-electron chi connectivity index (χ4n) is 4.20. The van der Waals surface area contributed by atoms with E-state index in [1.165, 1.54) is 12.1 Å². The summed E-state index contributed by atoms with van der Waals surface area (Å²) in [6.45, 7) is 0. The predicted octanol–water partition coefficient (Wildman–Crippen LogP) is 4.15. The van der Waals surface area contributed by atoms with Gasteiger partial charge in [-0.25, -0.2) is 4.39 Å². The molecule has 6 nitrogen and oxygen atoms in total. The highest BCUT2D eigenvalue weighted by Gasteiger charge is 2.30. The first-order valence-electron chi connectivity index (χ1n) is 10.3. The number of rotatable bonds is 5. The number of halogens is 1. The number of aromatic nitrogens is 2. The molecule has 1 aromatic carbocycles. The third-order valence-electron chi connectivity index (χ3n) is 5.93. The van der Waals surface area contributed by atoms with Crippen molar-refractivity contribution in [2.45, 2.75) is 57.4 Å². The molecule has 0 saturated heterocycles. The largest absolute Gasteiger partial charge is 0.353 e. The summed E-state index contributed by atoms with van der Waals surface area (Å²) in [4.78, 5) is 29.2. The van der Waals surface area contributed by atoms with Crippen LogP contribution in [0.25, 0.3) is 11.4 Å². The maximum Gasteiger partial charge on any atom is 0.229 e. The molecule has 0 bridgehead atoms. The molecule has 0 spiro atoms. The molecule has 2 amide bonds. The Bertz CT molecular complexity index is 856. The van der Waals surface area contributed by atoms with Crippen LogP contribution in [-0.4, -0.2) is 27.2 Å². The molecule has 2 fully saturated rings. The Morgan fingerprint density at radius 3 is 2.28 bits per heavy atom. The van der Waals surface area contributed by atoms with Crippen LogP contribution in [0.2, 0.25) is 0 Å². The third-order valence-corrected chi connectivity index (χ3v) is 6.56. The first-order valence-corrected chi connectivity index (χ1v) is 11.1. The maximum absolute atomic E-state index is 13.0. The van der Waals surface area contributed by atoms with Gasteiger partial charge in [-0.3, -0.25) is 9.59 Å². The van der Waals surface area contributed by atoms with E-state index in [1.807, 2.05) is 0 Å². The van der Waals surface area contributed by atoms with Crippen LogP contribution in [0.15, 0.2) is 24.3 Å². The lowest BCUT2D eigenvalue weighted by Gasteiger charge is -2.29. The molecule has 2 aromatic rings. The average molecular weight is 417 g/mol. The van der Waals surface area contributed by atoms with Gasteiger partial charge < -0.3 is 10.6 Å². The van der Waals surface area contributed by atoms with Gasteiger partial charge in [-0.1, -0.05) is 12.8 Å². The second-order valence-electron chi connectivity index (χ2n) is 7.96. The Labute approximate surface area is 173 Å². The highest BCUT2D eigenvalue weighted by atomic mass is 32.1. The number of nitrogens with one attached hydrogen (secondary N) is 2. The van der Waals surface area contributed by atoms with Gasteiger partial charge in [0, 0.05) is 35.0 Å². The summed E-state index contributed by atoms with van der Waals surface area (Å²) in [5.74, 6) is 0.415. The minimum absolute atomic E-state index is 0.0487. The van der Waals surface area contributed by atoms with Crippen LogP contribution in [0.1, 0.15) is 51.4 Å². The minimum Gasteiger partial charge on any atom is -0.353 e. The zero-order chi connectivity index (χ0) is 20.2. The van der Waals surface area contributed by atoms with Crippen molar-refractivity contribution in [3.8, 4) is 11.4 Å². The van der Waals surface area contributed by atoms with Crippen LogP contribution in [0, 0.1) is 17.7 Å². The van der Waals surface area contributed by atoms with Crippen molar-refractivity contribution in [2.24, 2.45) is 11.8 Å². The number of carbonyl (C=O) groups is 2. The van der Waals surface area contributed by atoms with Gasteiger partial charge in [0.2, 0.25) is 16.9 Å². The number of nitrogens with zero attached hydrogens (tertiary/aromatic N) is 2. The quantitative estimate of drug-likeness (QED) is 0.767. The molecule has 0 unspecified atom stereocenters. The van der Waals surface area contributed by atoms with Crippen molar-refractivity contribution < 1.29 is 14.0 Å². The standard InChI is InChI=1S/C21H25FN4O2S/c22-16-9-5-13(6-10-16)18-24-21(29-26-18)25-20(28)15-7-11-17(12-8-15)23-19(27)14-3-1-2-4-14/h5-6,9-10,14-15,17H,1-4,7-8,11-12H2,(H,23,27)(H,24,25,26,28). The number of carbonyl (C=O) groups excluding carboxylic acids is 2. The Morgan fingerprint density at radius 2 is 1.59 bits per heavy atom. The van der Waals surface area contributed by atoms with E-state index in [-0.39, 0.29) is 35.5 Å². The second-order valence-corrected chi connectivity index (χ2v) is 8.71. The van der Waals surface area contributed by atoms with E-state index in [2.05, 4.69) is 20.0 Å². The van der Waals surface area contributed by atoms with E-state index in [0.717, 1.165) is 62.9 Å². The number of benzene rings is 1. The van der Waals surface area contributed by atoms with Gasteiger partial charge in [0.25, 0.3) is 0 Å². The SMILES string of the molecule is O=C(Nc1nc(-c2ccc(F)cc2)ns1)C1CCC(NC(=O)C2CCCC2)CC1. The lowest BCUT2D eigenvalue weighted by atomic mass is 9.85. The van der Waals surface area contributed by atoms with Crippen molar-refractivity contribution in [3.63, 3.8) is 0 Å². The van der Waals surface area contributed by atoms with E-state index < -0.39 is 0 Å². The van der Waals surface area contributed by atoms with E-state index in [4.69, 9.17) is 0 Å². The summed E-state index contributed by atoms with van der Waals surface area (Å²) >= 11 is 1.12. The van der Waals surface area contributed by atoms with E-state index >= 15 is 0 Å². The average Bonchev–Trinajstić information content (AvgIpc) is 3.41. The third kappa shape index (κ3) is 4.98. The van der Waals surface area contributed by atoms with Gasteiger partial charge in [0.15, 0.2) is 5.82 Å². The monoisotopic (exact) mass is 416 g/mol. The molecule has 0 aliphatic heterocycles. The molecule has 2 aliphatic rings.